The Hall–Kier alpha value is -1.05. The lowest BCUT2D eigenvalue weighted by Crippen LogP contribution is -2.07. The molecular weight excluding hydrogens is 148 g/mol. The normalized spacial score (nSPS) is 12.5. The molecule has 0 atom stereocenters. The molecule has 68 valence electrons. The minimum absolute atomic E-state index is 0.614. The Morgan fingerprint density at radius 1 is 1.58 bits per heavy atom. The maximum Gasteiger partial charge on any atom is 0.0518 e. The Kier molecular flexibility index (Phi) is 6.07. The van der Waals surface area contributed by atoms with Gasteiger partial charge < -0.3 is 5.32 Å². The fourth-order valence-corrected chi connectivity index (χ4v) is 0.680. The standard InChI is InChI=1S/C10H18N2/c1-5-6-10(11-4)8-12-7-9(2)3/h5-6,8-9,11H,1,7H2,2-4H3/b10-6+,12-8?. The number of hydrogen-bond donors (Lipinski definition) is 1. The second-order valence-electron chi connectivity index (χ2n) is 3.00. The summed E-state index contributed by atoms with van der Waals surface area (Å²) >= 11 is 0. The van der Waals surface area contributed by atoms with Crippen LogP contribution >= 0.6 is 0 Å². The van der Waals surface area contributed by atoms with Crippen molar-refractivity contribution < 1.29 is 0 Å². The van der Waals surface area contributed by atoms with Crippen molar-refractivity contribution in [3.05, 3.63) is 24.4 Å². The van der Waals surface area contributed by atoms with Crippen molar-refractivity contribution >= 4 is 6.21 Å². The first kappa shape index (κ1) is 11.0. The van der Waals surface area contributed by atoms with E-state index in [4.69, 9.17) is 0 Å². The average Bonchev–Trinajstić information content (AvgIpc) is 2.02. The van der Waals surface area contributed by atoms with E-state index in [0.29, 0.717) is 5.92 Å². The SMILES string of the molecule is C=C/C=C(\C=NCC(C)C)NC. The predicted octanol–water partition coefficient (Wildman–Crippen LogP) is 2.00. The van der Waals surface area contributed by atoms with Crippen LogP contribution in [0.5, 0.6) is 0 Å². The molecular formula is C10H18N2. The maximum absolute atomic E-state index is 4.26. The second kappa shape index (κ2) is 6.65. The monoisotopic (exact) mass is 166 g/mol. The third-order valence-corrected chi connectivity index (χ3v) is 1.29. The topological polar surface area (TPSA) is 24.4 Å². The molecule has 0 fully saturated rings. The molecule has 0 aromatic carbocycles. The Balaban J connectivity index is 3.93. The number of hydrogen-bond acceptors (Lipinski definition) is 2. The third kappa shape index (κ3) is 5.71. The first-order valence-electron chi connectivity index (χ1n) is 4.21. The van der Waals surface area contributed by atoms with Crippen LogP contribution in [0.1, 0.15) is 13.8 Å². The smallest absolute Gasteiger partial charge is 0.0518 e. The van der Waals surface area contributed by atoms with E-state index >= 15 is 0 Å². The summed E-state index contributed by atoms with van der Waals surface area (Å²) in [5.41, 5.74) is 0.991. The average molecular weight is 166 g/mol. The lowest BCUT2D eigenvalue weighted by molar-refractivity contribution is 0.667. The largest absolute Gasteiger partial charge is 0.387 e. The molecule has 12 heavy (non-hydrogen) atoms. The molecule has 0 aliphatic heterocycles. The van der Waals surface area contributed by atoms with Gasteiger partial charge in [0.2, 0.25) is 0 Å². The lowest BCUT2D eigenvalue weighted by Gasteiger charge is -1.99. The highest BCUT2D eigenvalue weighted by atomic mass is 14.9. The third-order valence-electron chi connectivity index (χ3n) is 1.29. The van der Waals surface area contributed by atoms with E-state index in [-0.39, 0.29) is 0 Å². The van der Waals surface area contributed by atoms with Crippen molar-refractivity contribution in [2.24, 2.45) is 10.9 Å². The van der Waals surface area contributed by atoms with E-state index < -0.39 is 0 Å². The van der Waals surface area contributed by atoms with Crippen LogP contribution in [-0.4, -0.2) is 19.8 Å². The quantitative estimate of drug-likeness (QED) is 0.490. The number of aliphatic imine (C=N–C) groups is 1. The van der Waals surface area contributed by atoms with E-state index in [1.807, 2.05) is 19.3 Å². The summed E-state index contributed by atoms with van der Waals surface area (Å²) in [4.78, 5) is 4.26. The van der Waals surface area contributed by atoms with Gasteiger partial charge in [-0.15, -0.1) is 0 Å². The Morgan fingerprint density at radius 3 is 2.67 bits per heavy atom. The summed E-state index contributed by atoms with van der Waals surface area (Å²) in [7, 11) is 1.87. The van der Waals surface area contributed by atoms with E-state index in [1.54, 1.807) is 6.08 Å². The molecule has 0 rings (SSSR count). The highest BCUT2D eigenvalue weighted by Crippen LogP contribution is 1.92. The van der Waals surface area contributed by atoms with Gasteiger partial charge in [-0.1, -0.05) is 26.5 Å². The first-order valence-corrected chi connectivity index (χ1v) is 4.21. The Morgan fingerprint density at radius 2 is 2.25 bits per heavy atom. The van der Waals surface area contributed by atoms with Crippen LogP contribution in [-0.2, 0) is 0 Å². The lowest BCUT2D eigenvalue weighted by atomic mass is 10.2. The number of rotatable bonds is 5. The van der Waals surface area contributed by atoms with Crippen LogP contribution in [0.2, 0.25) is 0 Å². The van der Waals surface area contributed by atoms with Crippen molar-refractivity contribution in [1.82, 2.24) is 5.32 Å². The second-order valence-corrected chi connectivity index (χ2v) is 3.00. The van der Waals surface area contributed by atoms with Gasteiger partial charge in [0, 0.05) is 19.8 Å². The van der Waals surface area contributed by atoms with Crippen molar-refractivity contribution in [1.29, 1.82) is 0 Å². The van der Waals surface area contributed by atoms with Gasteiger partial charge in [0.1, 0.15) is 0 Å². The predicted molar refractivity (Wildman–Crippen MR) is 55.5 cm³/mol. The summed E-state index contributed by atoms with van der Waals surface area (Å²) in [6, 6.07) is 0. The zero-order valence-corrected chi connectivity index (χ0v) is 8.17. The van der Waals surface area contributed by atoms with Crippen molar-refractivity contribution in [3.8, 4) is 0 Å². The van der Waals surface area contributed by atoms with Crippen LogP contribution in [0.4, 0.5) is 0 Å². The molecule has 0 amide bonds. The van der Waals surface area contributed by atoms with Crippen LogP contribution < -0.4 is 5.32 Å². The molecule has 2 nitrogen and oxygen atoms in total. The summed E-state index contributed by atoms with van der Waals surface area (Å²) < 4.78 is 0. The van der Waals surface area contributed by atoms with Gasteiger partial charge in [0.05, 0.1) is 5.70 Å². The van der Waals surface area contributed by atoms with Gasteiger partial charge >= 0.3 is 0 Å². The number of nitrogens with one attached hydrogen (secondary N) is 1. The Bertz CT molecular complexity index is 178. The molecule has 0 heterocycles. The fourth-order valence-electron chi connectivity index (χ4n) is 0.680. The first-order chi connectivity index (χ1) is 5.70. The van der Waals surface area contributed by atoms with Gasteiger partial charge in [-0.2, -0.15) is 0 Å². The molecule has 2 heteroatoms. The number of nitrogens with zero attached hydrogens (tertiary/aromatic N) is 1. The summed E-state index contributed by atoms with van der Waals surface area (Å²) in [6.07, 6.45) is 5.47. The minimum Gasteiger partial charge on any atom is -0.387 e. The molecule has 0 bridgehead atoms. The summed E-state index contributed by atoms with van der Waals surface area (Å²) in [5.74, 6) is 0.614. The molecule has 0 aliphatic rings. The highest BCUT2D eigenvalue weighted by Gasteiger charge is 1.88. The van der Waals surface area contributed by atoms with Crippen LogP contribution in [0.15, 0.2) is 29.4 Å². The molecule has 0 saturated heterocycles. The van der Waals surface area contributed by atoms with Crippen LogP contribution in [0, 0.1) is 5.92 Å². The Labute approximate surface area is 75.1 Å². The van der Waals surface area contributed by atoms with Gasteiger partial charge in [0.25, 0.3) is 0 Å². The number of allylic oxidation sites excluding steroid dienone is 3. The molecule has 1 N–H and O–H groups in total. The summed E-state index contributed by atoms with van der Waals surface area (Å²) in [5, 5.41) is 3.02. The molecule has 0 unspecified atom stereocenters. The molecule has 0 radical (unpaired) electrons. The van der Waals surface area contributed by atoms with Gasteiger partial charge in [0.15, 0.2) is 0 Å². The minimum atomic E-state index is 0.614. The molecule has 0 aromatic rings. The molecule has 0 spiro atoms. The molecule has 0 aliphatic carbocycles. The molecule has 0 saturated carbocycles. The zero-order chi connectivity index (χ0) is 9.40. The van der Waals surface area contributed by atoms with Crippen molar-refractivity contribution in [3.63, 3.8) is 0 Å². The zero-order valence-electron chi connectivity index (χ0n) is 8.17. The van der Waals surface area contributed by atoms with Gasteiger partial charge in [-0.3, -0.25) is 4.99 Å². The van der Waals surface area contributed by atoms with E-state index in [1.165, 1.54) is 0 Å². The van der Waals surface area contributed by atoms with E-state index in [0.717, 1.165) is 12.2 Å². The fraction of sp³-hybridized carbons (Fsp3) is 0.500. The van der Waals surface area contributed by atoms with Crippen LogP contribution in [0.25, 0.3) is 0 Å². The van der Waals surface area contributed by atoms with Gasteiger partial charge in [-0.25, -0.2) is 0 Å². The van der Waals surface area contributed by atoms with Gasteiger partial charge in [-0.05, 0) is 12.0 Å². The maximum atomic E-state index is 4.26. The van der Waals surface area contributed by atoms with E-state index in [9.17, 15) is 0 Å². The molecule has 0 aromatic heterocycles. The van der Waals surface area contributed by atoms with Crippen molar-refractivity contribution in [2.45, 2.75) is 13.8 Å². The van der Waals surface area contributed by atoms with Crippen molar-refractivity contribution in [2.75, 3.05) is 13.6 Å². The summed E-state index contributed by atoms with van der Waals surface area (Å²) in [6.45, 7) is 8.78. The van der Waals surface area contributed by atoms with Crippen LogP contribution in [0.3, 0.4) is 0 Å². The van der Waals surface area contributed by atoms with E-state index in [2.05, 4.69) is 30.7 Å². The highest BCUT2D eigenvalue weighted by molar-refractivity contribution is 5.78.